The number of hydrogen-bond donors (Lipinski definition) is 1. The van der Waals surface area contributed by atoms with E-state index in [0.29, 0.717) is 23.2 Å². The minimum Gasteiger partial charge on any atom is -0.366 e. The van der Waals surface area contributed by atoms with E-state index in [4.69, 9.17) is 10.7 Å². The van der Waals surface area contributed by atoms with Crippen molar-refractivity contribution in [1.82, 2.24) is 19.5 Å². The molecule has 1 aromatic carbocycles. The molecule has 2 atom stereocenters. The monoisotopic (exact) mass is 425 g/mol. The Labute approximate surface area is 184 Å². The third-order valence-corrected chi connectivity index (χ3v) is 6.54. The van der Waals surface area contributed by atoms with Gasteiger partial charge in [-0.3, -0.25) is 14.8 Å². The molecule has 0 radical (unpaired) electrons. The largest absolute Gasteiger partial charge is 0.366 e. The van der Waals surface area contributed by atoms with Crippen molar-refractivity contribution >= 4 is 5.91 Å². The quantitative estimate of drug-likeness (QED) is 0.512. The minimum atomic E-state index is -0.459. The van der Waals surface area contributed by atoms with Crippen molar-refractivity contribution in [1.29, 1.82) is 0 Å². The lowest BCUT2D eigenvalue weighted by Gasteiger charge is -2.17. The highest BCUT2D eigenvalue weighted by Crippen LogP contribution is 2.52. The molecule has 2 N–H and O–H groups in total. The molecule has 3 aromatic heterocycles. The first-order valence-corrected chi connectivity index (χ1v) is 10.7. The summed E-state index contributed by atoms with van der Waals surface area (Å²) in [5, 5.41) is 0. The summed E-state index contributed by atoms with van der Waals surface area (Å²) in [5.74, 6) is 0.740. The van der Waals surface area contributed by atoms with Gasteiger partial charge in [0.1, 0.15) is 17.3 Å². The summed E-state index contributed by atoms with van der Waals surface area (Å²) in [6.07, 6.45) is 6.44. The van der Waals surface area contributed by atoms with Crippen LogP contribution in [0.2, 0.25) is 0 Å². The molecular formula is C25H20FN5O. The average molecular weight is 425 g/mol. The molecule has 6 nitrogen and oxygen atoms in total. The maximum Gasteiger partial charge on any atom is 0.248 e. The van der Waals surface area contributed by atoms with Gasteiger partial charge >= 0.3 is 0 Å². The lowest BCUT2D eigenvalue weighted by atomic mass is 10.0. The molecule has 158 valence electrons. The number of pyridine rings is 2. The van der Waals surface area contributed by atoms with Gasteiger partial charge in [0.15, 0.2) is 0 Å². The standard InChI is InChI=1S/C25H20FN5O/c26-18-6-8-20(29-13-18)22-23(31-19-7-5-17(11-19)25(31)30-22)16-9-10-28-21(12-16)14-1-3-15(4-2-14)24(27)32/h1-4,6,8-10,12-13,17,19H,5,7,11H2,(H2,27,32)/t17-,19+/m1/s1. The van der Waals surface area contributed by atoms with Crippen molar-refractivity contribution in [2.45, 2.75) is 31.2 Å². The molecule has 2 aliphatic rings. The van der Waals surface area contributed by atoms with Crippen LogP contribution in [0, 0.1) is 5.82 Å². The number of nitrogens with zero attached hydrogens (tertiary/aromatic N) is 4. The third-order valence-electron chi connectivity index (χ3n) is 6.54. The van der Waals surface area contributed by atoms with Gasteiger partial charge in [0, 0.05) is 34.8 Å². The molecule has 4 heterocycles. The van der Waals surface area contributed by atoms with Crippen molar-refractivity contribution < 1.29 is 9.18 Å². The van der Waals surface area contributed by atoms with Crippen molar-refractivity contribution in [2.24, 2.45) is 5.73 Å². The van der Waals surface area contributed by atoms with Crippen LogP contribution in [0.5, 0.6) is 0 Å². The molecule has 1 amide bonds. The van der Waals surface area contributed by atoms with Crippen LogP contribution in [0.25, 0.3) is 33.9 Å². The van der Waals surface area contributed by atoms with Crippen molar-refractivity contribution in [3.63, 3.8) is 0 Å². The van der Waals surface area contributed by atoms with E-state index in [0.717, 1.165) is 53.3 Å². The number of hydrogen-bond acceptors (Lipinski definition) is 4. The van der Waals surface area contributed by atoms with Crippen LogP contribution in [-0.4, -0.2) is 25.4 Å². The predicted molar refractivity (Wildman–Crippen MR) is 118 cm³/mol. The molecule has 4 aromatic rings. The van der Waals surface area contributed by atoms with E-state index < -0.39 is 5.91 Å². The number of imidazole rings is 1. The van der Waals surface area contributed by atoms with Gasteiger partial charge in [-0.1, -0.05) is 12.1 Å². The predicted octanol–water partition coefficient (Wildman–Crippen LogP) is 4.73. The summed E-state index contributed by atoms with van der Waals surface area (Å²) >= 11 is 0. The molecule has 6 rings (SSSR count). The molecule has 32 heavy (non-hydrogen) atoms. The van der Waals surface area contributed by atoms with E-state index in [2.05, 4.69) is 14.5 Å². The van der Waals surface area contributed by atoms with Gasteiger partial charge in [0.25, 0.3) is 0 Å². The number of primary amides is 1. The highest BCUT2D eigenvalue weighted by atomic mass is 19.1. The summed E-state index contributed by atoms with van der Waals surface area (Å²) in [6, 6.07) is 14.6. The maximum absolute atomic E-state index is 13.5. The molecule has 1 fully saturated rings. The van der Waals surface area contributed by atoms with E-state index in [1.807, 2.05) is 24.3 Å². The fraction of sp³-hybridized carbons (Fsp3) is 0.200. The van der Waals surface area contributed by atoms with Gasteiger partial charge in [-0.25, -0.2) is 9.37 Å². The van der Waals surface area contributed by atoms with Crippen LogP contribution in [0.15, 0.2) is 60.9 Å². The molecular weight excluding hydrogens is 405 g/mol. The Balaban J connectivity index is 1.50. The SMILES string of the molecule is NC(=O)c1ccc(-c2cc(-c3c(-c4ccc(F)cn4)nc4n3[C@H]3CC[C@@H]4C3)ccn2)cc1. The third kappa shape index (κ3) is 2.92. The molecule has 1 aliphatic heterocycles. The number of rotatable bonds is 4. The number of amides is 1. The summed E-state index contributed by atoms with van der Waals surface area (Å²) < 4.78 is 15.9. The Morgan fingerprint density at radius 1 is 1.00 bits per heavy atom. The molecule has 0 saturated heterocycles. The number of carbonyl (C=O) groups excluding carboxylic acids is 1. The number of fused-ring (bicyclic) bond motifs is 5. The van der Waals surface area contributed by atoms with Crippen molar-refractivity contribution in [2.75, 3.05) is 0 Å². The van der Waals surface area contributed by atoms with E-state index in [9.17, 15) is 9.18 Å². The first-order chi connectivity index (χ1) is 15.6. The second-order valence-electron chi connectivity index (χ2n) is 8.43. The molecule has 0 unspecified atom stereocenters. The second-order valence-corrected chi connectivity index (χ2v) is 8.43. The number of benzene rings is 1. The highest BCUT2D eigenvalue weighted by Gasteiger charge is 2.41. The van der Waals surface area contributed by atoms with Crippen LogP contribution >= 0.6 is 0 Å². The number of carbonyl (C=O) groups is 1. The van der Waals surface area contributed by atoms with Gasteiger partial charge < -0.3 is 10.3 Å². The van der Waals surface area contributed by atoms with E-state index in [1.165, 1.54) is 12.3 Å². The first-order valence-electron chi connectivity index (χ1n) is 10.7. The summed E-state index contributed by atoms with van der Waals surface area (Å²) in [7, 11) is 0. The molecule has 7 heteroatoms. The van der Waals surface area contributed by atoms with E-state index >= 15 is 0 Å². The molecule has 1 aliphatic carbocycles. The normalized spacial score (nSPS) is 18.7. The van der Waals surface area contributed by atoms with E-state index in [-0.39, 0.29) is 5.82 Å². The zero-order valence-corrected chi connectivity index (χ0v) is 17.2. The van der Waals surface area contributed by atoms with Gasteiger partial charge in [0.05, 0.1) is 23.3 Å². The van der Waals surface area contributed by atoms with Gasteiger partial charge in [-0.2, -0.15) is 0 Å². The first kappa shape index (κ1) is 18.9. The number of halogens is 1. The molecule has 2 bridgehead atoms. The van der Waals surface area contributed by atoms with E-state index in [1.54, 1.807) is 24.4 Å². The molecule has 0 spiro atoms. The van der Waals surface area contributed by atoms with Gasteiger partial charge in [-0.05, 0) is 55.7 Å². The zero-order valence-electron chi connectivity index (χ0n) is 17.2. The minimum absolute atomic E-state index is 0.368. The van der Waals surface area contributed by atoms with Crippen molar-refractivity contribution in [3.05, 3.63) is 78.1 Å². The van der Waals surface area contributed by atoms with Gasteiger partial charge in [-0.15, -0.1) is 0 Å². The topological polar surface area (TPSA) is 86.7 Å². The van der Waals surface area contributed by atoms with Crippen LogP contribution in [0.3, 0.4) is 0 Å². The van der Waals surface area contributed by atoms with Crippen molar-refractivity contribution in [3.8, 4) is 33.9 Å². The lowest BCUT2D eigenvalue weighted by molar-refractivity contribution is 0.100. The van der Waals surface area contributed by atoms with Gasteiger partial charge in [0.2, 0.25) is 5.91 Å². The fourth-order valence-electron chi connectivity index (χ4n) is 5.05. The number of aromatic nitrogens is 4. The highest BCUT2D eigenvalue weighted by molar-refractivity contribution is 5.93. The summed E-state index contributed by atoms with van der Waals surface area (Å²) in [5.41, 5.74) is 10.9. The zero-order chi connectivity index (χ0) is 21.8. The summed E-state index contributed by atoms with van der Waals surface area (Å²) in [6.45, 7) is 0. The Hall–Kier alpha value is -3.87. The second kappa shape index (κ2) is 7.09. The Morgan fingerprint density at radius 2 is 1.84 bits per heavy atom. The Morgan fingerprint density at radius 3 is 2.59 bits per heavy atom. The Bertz CT molecular complexity index is 1340. The fourth-order valence-corrected chi connectivity index (χ4v) is 5.05. The van der Waals surface area contributed by atoms with Crippen LogP contribution in [-0.2, 0) is 0 Å². The lowest BCUT2D eigenvalue weighted by Crippen LogP contribution is -2.10. The van der Waals surface area contributed by atoms with Crippen LogP contribution < -0.4 is 5.73 Å². The molecule has 1 saturated carbocycles. The van der Waals surface area contributed by atoms with Crippen LogP contribution in [0.1, 0.15) is 47.4 Å². The van der Waals surface area contributed by atoms with Crippen LogP contribution in [0.4, 0.5) is 4.39 Å². The maximum atomic E-state index is 13.5. The Kier molecular flexibility index (Phi) is 4.18. The number of nitrogens with two attached hydrogens (primary N) is 1. The average Bonchev–Trinajstić information content (AvgIpc) is 3.52. The summed E-state index contributed by atoms with van der Waals surface area (Å²) in [4.78, 5) is 25.2. The smallest absolute Gasteiger partial charge is 0.248 e.